The lowest BCUT2D eigenvalue weighted by Crippen LogP contribution is -1.87. The summed E-state index contributed by atoms with van der Waals surface area (Å²) in [5.41, 5.74) is 1.47. The highest BCUT2D eigenvalue weighted by atomic mass is 32.2. The molecule has 0 spiro atoms. The van der Waals surface area contributed by atoms with Crippen LogP contribution in [0.4, 0.5) is 0 Å². The number of fused-ring (bicyclic) bond motifs is 1. The summed E-state index contributed by atoms with van der Waals surface area (Å²) in [5.74, 6) is 1.14. The zero-order valence-electron chi connectivity index (χ0n) is 5.00. The van der Waals surface area contributed by atoms with Gasteiger partial charge in [-0.3, -0.25) is 4.99 Å². The van der Waals surface area contributed by atoms with Gasteiger partial charge in [-0.2, -0.15) is 0 Å². The fourth-order valence-electron chi connectivity index (χ4n) is 1.00. The standard InChI is InChI=1S/C7H7NS/c1-3-8-5-7-6(1)2-4-9-7/h2-3,5H,1,4H2. The van der Waals surface area contributed by atoms with Gasteiger partial charge in [0, 0.05) is 29.5 Å². The van der Waals surface area contributed by atoms with E-state index in [1.54, 1.807) is 0 Å². The Kier molecular flexibility index (Phi) is 1.19. The zero-order valence-corrected chi connectivity index (χ0v) is 5.82. The van der Waals surface area contributed by atoms with Crippen LogP contribution in [-0.4, -0.2) is 12.0 Å². The second kappa shape index (κ2) is 2.03. The summed E-state index contributed by atoms with van der Waals surface area (Å²) in [6.07, 6.45) is 7.23. The number of thioether (sulfide) groups is 1. The summed E-state index contributed by atoms with van der Waals surface area (Å²) in [6.45, 7) is 0. The van der Waals surface area contributed by atoms with Gasteiger partial charge in [0.05, 0.1) is 0 Å². The number of rotatable bonds is 0. The molecule has 2 rings (SSSR count). The quantitative estimate of drug-likeness (QED) is 0.497. The molecule has 0 aromatic carbocycles. The van der Waals surface area contributed by atoms with Gasteiger partial charge in [0.1, 0.15) is 0 Å². The Morgan fingerprint density at radius 3 is 3.44 bits per heavy atom. The molecule has 0 fully saturated rings. The van der Waals surface area contributed by atoms with Crippen LogP contribution in [-0.2, 0) is 0 Å². The summed E-state index contributed by atoms with van der Waals surface area (Å²) >= 11 is 1.88. The van der Waals surface area contributed by atoms with E-state index in [1.807, 2.05) is 24.2 Å². The summed E-state index contributed by atoms with van der Waals surface area (Å²) in [4.78, 5) is 5.44. The first-order valence-electron chi connectivity index (χ1n) is 3.01. The minimum absolute atomic E-state index is 1.04. The Morgan fingerprint density at radius 2 is 2.56 bits per heavy atom. The van der Waals surface area contributed by atoms with Crippen molar-refractivity contribution in [2.75, 3.05) is 5.75 Å². The van der Waals surface area contributed by atoms with E-state index in [9.17, 15) is 0 Å². The molecule has 2 aliphatic heterocycles. The summed E-state index contributed by atoms with van der Waals surface area (Å²) < 4.78 is 0. The molecule has 2 heterocycles. The van der Waals surface area contributed by atoms with E-state index < -0.39 is 0 Å². The van der Waals surface area contributed by atoms with Crippen molar-refractivity contribution in [2.24, 2.45) is 4.99 Å². The highest BCUT2D eigenvalue weighted by Crippen LogP contribution is 2.33. The van der Waals surface area contributed by atoms with E-state index in [0.717, 1.165) is 12.2 Å². The van der Waals surface area contributed by atoms with Crippen molar-refractivity contribution in [2.45, 2.75) is 6.42 Å². The van der Waals surface area contributed by atoms with Gasteiger partial charge in [0.2, 0.25) is 0 Å². The predicted octanol–water partition coefficient (Wildman–Crippen LogP) is 1.98. The summed E-state index contributed by atoms with van der Waals surface area (Å²) in [5, 5.41) is 0. The minimum Gasteiger partial charge on any atom is -0.268 e. The van der Waals surface area contributed by atoms with Crippen LogP contribution in [0.2, 0.25) is 0 Å². The van der Waals surface area contributed by atoms with Crippen LogP contribution in [0.1, 0.15) is 6.42 Å². The van der Waals surface area contributed by atoms with E-state index in [1.165, 1.54) is 10.5 Å². The minimum atomic E-state index is 1.04. The third kappa shape index (κ3) is 0.833. The van der Waals surface area contributed by atoms with Gasteiger partial charge < -0.3 is 0 Å². The van der Waals surface area contributed by atoms with Crippen LogP contribution in [0.5, 0.6) is 0 Å². The second-order valence-corrected chi connectivity index (χ2v) is 3.13. The largest absolute Gasteiger partial charge is 0.268 e. The number of aliphatic imine (C=N–C) groups is 1. The molecular weight excluding hydrogens is 130 g/mol. The van der Waals surface area contributed by atoms with Crippen LogP contribution in [0.25, 0.3) is 0 Å². The lowest BCUT2D eigenvalue weighted by Gasteiger charge is -2.02. The van der Waals surface area contributed by atoms with Gasteiger partial charge in [-0.15, -0.1) is 11.8 Å². The molecule has 2 aliphatic rings. The van der Waals surface area contributed by atoms with Crippen molar-refractivity contribution >= 4 is 18.0 Å². The molecule has 0 amide bonds. The first-order valence-corrected chi connectivity index (χ1v) is 3.99. The number of allylic oxidation sites excluding steroid dienone is 1. The van der Waals surface area contributed by atoms with Gasteiger partial charge >= 0.3 is 0 Å². The van der Waals surface area contributed by atoms with Crippen LogP contribution in [0.15, 0.2) is 27.7 Å². The lowest BCUT2D eigenvalue weighted by atomic mass is 10.1. The monoisotopic (exact) mass is 137 g/mol. The SMILES string of the molecule is C1=NC=C2SCC=C2C1. The lowest BCUT2D eigenvalue weighted by molar-refractivity contribution is 1.30. The van der Waals surface area contributed by atoms with Gasteiger partial charge in [-0.25, -0.2) is 0 Å². The van der Waals surface area contributed by atoms with Gasteiger partial charge in [0.15, 0.2) is 0 Å². The molecule has 0 unspecified atom stereocenters. The highest BCUT2D eigenvalue weighted by Gasteiger charge is 2.12. The molecule has 1 nitrogen and oxygen atoms in total. The van der Waals surface area contributed by atoms with Crippen molar-refractivity contribution in [3.05, 3.63) is 22.8 Å². The van der Waals surface area contributed by atoms with E-state index in [4.69, 9.17) is 0 Å². The molecular formula is C7H7NS. The first-order chi connectivity index (χ1) is 4.47. The van der Waals surface area contributed by atoms with Gasteiger partial charge in [-0.05, 0) is 5.57 Å². The molecule has 0 atom stereocenters. The Balaban J connectivity index is 2.37. The second-order valence-electron chi connectivity index (χ2n) is 2.07. The molecule has 9 heavy (non-hydrogen) atoms. The highest BCUT2D eigenvalue weighted by molar-refractivity contribution is 8.03. The molecule has 0 aliphatic carbocycles. The van der Waals surface area contributed by atoms with Crippen molar-refractivity contribution < 1.29 is 0 Å². The number of nitrogens with zero attached hydrogens (tertiary/aromatic N) is 1. The van der Waals surface area contributed by atoms with Gasteiger partial charge in [-0.1, -0.05) is 6.08 Å². The maximum atomic E-state index is 4.07. The van der Waals surface area contributed by atoms with Crippen molar-refractivity contribution in [1.82, 2.24) is 0 Å². The molecule has 0 N–H and O–H groups in total. The van der Waals surface area contributed by atoms with Crippen molar-refractivity contribution in [1.29, 1.82) is 0 Å². The molecule has 0 aromatic rings. The van der Waals surface area contributed by atoms with E-state index in [2.05, 4.69) is 11.1 Å². The normalized spacial score (nSPS) is 23.1. The Morgan fingerprint density at radius 1 is 1.56 bits per heavy atom. The number of hydrogen-bond acceptors (Lipinski definition) is 2. The molecule has 0 bridgehead atoms. The van der Waals surface area contributed by atoms with Crippen LogP contribution >= 0.6 is 11.8 Å². The van der Waals surface area contributed by atoms with E-state index in [-0.39, 0.29) is 0 Å². The third-order valence-electron chi connectivity index (χ3n) is 1.49. The maximum absolute atomic E-state index is 4.07. The molecule has 0 aromatic heterocycles. The van der Waals surface area contributed by atoms with E-state index >= 15 is 0 Å². The smallest absolute Gasteiger partial charge is 0.0403 e. The zero-order chi connectivity index (χ0) is 6.10. The van der Waals surface area contributed by atoms with Crippen LogP contribution < -0.4 is 0 Å². The van der Waals surface area contributed by atoms with Crippen LogP contribution in [0, 0.1) is 0 Å². The van der Waals surface area contributed by atoms with Crippen molar-refractivity contribution in [3.8, 4) is 0 Å². The van der Waals surface area contributed by atoms with Crippen molar-refractivity contribution in [3.63, 3.8) is 0 Å². The Bertz CT molecular complexity index is 213. The summed E-state index contributed by atoms with van der Waals surface area (Å²) in [7, 11) is 0. The average molecular weight is 137 g/mol. The molecule has 0 saturated heterocycles. The fraction of sp³-hybridized carbons (Fsp3) is 0.286. The van der Waals surface area contributed by atoms with E-state index in [0.29, 0.717) is 0 Å². The Labute approximate surface area is 58.6 Å². The summed E-state index contributed by atoms with van der Waals surface area (Å²) in [6, 6.07) is 0. The topological polar surface area (TPSA) is 12.4 Å². The Hall–Kier alpha value is -0.500. The molecule has 2 heteroatoms. The molecule has 0 radical (unpaired) electrons. The molecule has 46 valence electrons. The first kappa shape index (κ1) is 5.30. The number of hydrogen-bond donors (Lipinski definition) is 0. The average Bonchev–Trinajstić information content (AvgIpc) is 2.33. The third-order valence-corrected chi connectivity index (χ3v) is 2.51. The maximum Gasteiger partial charge on any atom is 0.0403 e. The predicted molar refractivity (Wildman–Crippen MR) is 41.7 cm³/mol. The molecule has 0 saturated carbocycles. The van der Waals surface area contributed by atoms with Gasteiger partial charge in [0.25, 0.3) is 0 Å². The van der Waals surface area contributed by atoms with Crippen LogP contribution in [0.3, 0.4) is 0 Å². The fourth-order valence-corrected chi connectivity index (χ4v) is 1.95.